The summed E-state index contributed by atoms with van der Waals surface area (Å²) in [5, 5.41) is 3.56. The normalized spacial score (nSPS) is 19.8. The second kappa shape index (κ2) is 7.19. The molecule has 1 unspecified atom stereocenters. The zero-order valence-electron chi connectivity index (χ0n) is 11.3. The van der Waals surface area contributed by atoms with Crippen molar-refractivity contribution >= 4 is 11.3 Å². The molecule has 0 bridgehead atoms. The Labute approximate surface area is 113 Å². The number of thiazole rings is 1. The predicted octanol–water partition coefficient (Wildman–Crippen LogP) is 1.65. The third kappa shape index (κ3) is 4.02. The molecule has 0 aromatic carbocycles. The highest BCUT2D eigenvalue weighted by molar-refractivity contribution is 7.09. The van der Waals surface area contributed by atoms with Crippen molar-refractivity contribution in [3.8, 4) is 0 Å². The fourth-order valence-corrected chi connectivity index (χ4v) is 3.18. The summed E-state index contributed by atoms with van der Waals surface area (Å²) in [6.07, 6.45) is 2.60. The molecule has 4 nitrogen and oxygen atoms in total. The summed E-state index contributed by atoms with van der Waals surface area (Å²) in [6.45, 7) is 7.16. The number of aryl methyl sites for hydroxylation is 1. The molecule has 1 aromatic heterocycles. The van der Waals surface area contributed by atoms with Gasteiger partial charge in [0.25, 0.3) is 0 Å². The van der Waals surface area contributed by atoms with E-state index in [4.69, 9.17) is 4.74 Å². The molecule has 102 valence electrons. The fourth-order valence-electron chi connectivity index (χ4n) is 2.36. The lowest BCUT2D eigenvalue weighted by molar-refractivity contribution is 0.138. The van der Waals surface area contributed by atoms with Crippen LogP contribution in [0.2, 0.25) is 0 Å². The summed E-state index contributed by atoms with van der Waals surface area (Å²) in [6, 6.07) is 0.648. The van der Waals surface area contributed by atoms with Crippen LogP contribution in [0.15, 0.2) is 5.51 Å². The Morgan fingerprint density at radius 3 is 3.11 bits per heavy atom. The fraction of sp³-hybridized carbons (Fsp3) is 0.769. The summed E-state index contributed by atoms with van der Waals surface area (Å²) in [5.41, 5.74) is 3.11. The van der Waals surface area contributed by atoms with Crippen LogP contribution in [0, 0.1) is 6.92 Å². The smallest absolute Gasteiger partial charge is 0.0798 e. The molecule has 1 aliphatic rings. The molecule has 2 rings (SSSR count). The topological polar surface area (TPSA) is 37.4 Å². The highest BCUT2D eigenvalue weighted by Crippen LogP contribution is 2.16. The van der Waals surface area contributed by atoms with Crippen molar-refractivity contribution < 1.29 is 4.74 Å². The maximum Gasteiger partial charge on any atom is 0.0798 e. The number of nitrogens with one attached hydrogen (secondary N) is 1. The molecule has 0 aliphatic carbocycles. The standard InChI is InChI=1S/C13H23N3OS/c1-11-13(18-10-15-11)9-16(6-7-17-2)8-12-4-3-5-14-12/h10,12,14H,3-9H2,1-2H3. The van der Waals surface area contributed by atoms with Crippen LogP contribution >= 0.6 is 11.3 Å². The lowest BCUT2D eigenvalue weighted by atomic mass is 10.2. The summed E-state index contributed by atoms with van der Waals surface area (Å²) >= 11 is 1.76. The van der Waals surface area contributed by atoms with Crippen molar-refractivity contribution in [1.29, 1.82) is 0 Å². The monoisotopic (exact) mass is 269 g/mol. The first-order valence-corrected chi connectivity index (χ1v) is 7.51. The van der Waals surface area contributed by atoms with Crippen LogP contribution in [0.3, 0.4) is 0 Å². The van der Waals surface area contributed by atoms with E-state index in [1.165, 1.54) is 30.0 Å². The van der Waals surface area contributed by atoms with Gasteiger partial charge >= 0.3 is 0 Å². The van der Waals surface area contributed by atoms with E-state index in [-0.39, 0.29) is 0 Å². The minimum Gasteiger partial charge on any atom is -0.383 e. The Bertz CT molecular complexity index is 350. The molecule has 0 radical (unpaired) electrons. The van der Waals surface area contributed by atoms with Gasteiger partial charge in [-0.2, -0.15) is 0 Å². The molecule has 1 atom stereocenters. The Hall–Kier alpha value is -0.490. The average molecular weight is 269 g/mol. The quantitative estimate of drug-likeness (QED) is 0.817. The van der Waals surface area contributed by atoms with Gasteiger partial charge in [0, 0.05) is 37.7 Å². The minimum atomic E-state index is 0.648. The molecule has 1 aromatic rings. The SMILES string of the molecule is COCCN(Cc1scnc1C)CC1CCCN1. The number of rotatable bonds is 7. The lowest BCUT2D eigenvalue weighted by Crippen LogP contribution is -2.38. The number of methoxy groups -OCH3 is 1. The van der Waals surface area contributed by atoms with E-state index in [0.717, 1.165) is 26.2 Å². The van der Waals surface area contributed by atoms with Gasteiger partial charge in [-0.25, -0.2) is 4.98 Å². The first kappa shape index (κ1) is 13.9. The van der Waals surface area contributed by atoms with Crippen molar-refractivity contribution in [2.45, 2.75) is 32.4 Å². The van der Waals surface area contributed by atoms with Crippen molar-refractivity contribution in [1.82, 2.24) is 15.2 Å². The largest absolute Gasteiger partial charge is 0.383 e. The molecular formula is C13H23N3OS. The molecule has 2 heterocycles. The van der Waals surface area contributed by atoms with E-state index in [1.807, 2.05) is 5.51 Å². The van der Waals surface area contributed by atoms with E-state index < -0.39 is 0 Å². The third-order valence-electron chi connectivity index (χ3n) is 3.46. The maximum absolute atomic E-state index is 5.21. The molecular weight excluding hydrogens is 246 g/mol. The van der Waals surface area contributed by atoms with E-state index in [9.17, 15) is 0 Å². The molecule has 18 heavy (non-hydrogen) atoms. The molecule has 1 aliphatic heterocycles. The minimum absolute atomic E-state index is 0.648. The van der Waals surface area contributed by atoms with Crippen molar-refractivity contribution in [2.75, 3.05) is 33.4 Å². The van der Waals surface area contributed by atoms with Crippen LogP contribution in [0.4, 0.5) is 0 Å². The first-order valence-electron chi connectivity index (χ1n) is 6.63. The number of hydrogen-bond acceptors (Lipinski definition) is 5. The highest BCUT2D eigenvalue weighted by Gasteiger charge is 2.18. The van der Waals surface area contributed by atoms with Crippen LogP contribution in [-0.2, 0) is 11.3 Å². The number of hydrogen-bond donors (Lipinski definition) is 1. The first-order chi connectivity index (χ1) is 8.79. The van der Waals surface area contributed by atoms with Crippen LogP contribution in [-0.4, -0.2) is 49.3 Å². The Kier molecular flexibility index (Phi) is 5.56. The van der Waals surface area contributed by atoms with Gasteiger partial charge in [0.1, 0.15) is 0 Å². The zero-order valence-corrected chi connectivity index (χ0v) is 12.1. The zero-order chi connectivity index (χ0) is 12.8. The van der Waals surface area contributed by atoms with Crippen LogP contribution in [0.25, 0.3) is 0 Å². The van der Waals surface area contributed by atoms with Gasteiger partial charge in [0.05, 0.1) is 17.8 Å². The molecule has 5 heteroatoms. The molecule has 1 fully saturated rings. The van der Waals surface area contributed by atoms with Gasteiger partial charge < -0.3 is 10.1 Å². The van der Waals surface area contributed by atoms with Gasteiger partial charge in [-0.1, -0.05) is 0 Å². The van der Waals surface area contributed by atoms with Crippen LogP contribution in [0.1, 0.15) is 23.4 Å². The van der Waals surface area contributed by atoms with Crippen LogP contribution in [0.5, 0.6) is 0 Å². The molecule has 0 amide bonds. The van der Waals surface area contributed by atoms with Crippen LogP contribution < -0.4 is 5.32 Å². The number of aromatic nitrogens is 1. The Morgan fingerprint density at radius 2 is 2.50 bits per heavy atom. The van der Waals surface area contributed by atoms with Gasteiger partial charge in [0.2, 0.25) is 0 Å². The summed E-state index contributed by atoms with van der Waals surface area (Å²) in [7, 11) is 1.77. The second-order valence-electron chi connectivity index (χ2n) is 4.88. The lowest BCUT2D eigenvalue weighted by Gasteiger charge is -2.25. The molecule has 0 saturated carbocycles. The third-order valence-corrected chi connectivity index (χ3v) is 4.38. The van der Waals surface area contributed by atoms with Gasteiger partial charge in [-0.3, -0.25) is 4.90 Å². The number of nitrogens with zero attached hydrogens (tertiary/aromatic N) is 2. The van der Waals surface area contributed by atoms with Crippen molar-refractivity contribution in [2.24, 2.45) is 0 Å². The van der Waals surface area contributed by atoms with Gasteiger partial charge in [0.15, 0.2) is 0 Å². The van der Waals surface area contributed by atoms with Crippen molar-refractivity contribution in [3.05, 3.63) is 16.1 Å². The second-order valence-corrected chi connectivity index (χ2v) is 5.82. The molecule has 1 saturated heterocycles. The van der Waals surface area contributed by atoms with E-state index in [2.05, 4.69) is 22.1 Å². The Morgan fingerprint density at radius 1 is 1.61 bits per heavy atom. The van der Waals surface area contributed by atoms with E-state index in [0.29, 0.717) is 6.04 Å². The highest BCUT2D eigenvalue weighted by atomic mass is 32.1. The predicted molar refractivity (Wildman–Crippen MR) is 75.0 cm³/mol. The van der Waals surface area contributed by atoms with E-state index in [1.54, 1.807) is 18.4 Å². The maximum atomic E-state index is 5.21. The van der Waals surface area contributed by atoms with E-state index >= 15 is 0 Å². The van der Waals surface area contributed by atoms with Gasteiger partial charge in [-0.15, -0.1) is 11.3 Å². The Balaban J connectivity index is 1.89. The van der Waals surface area contributed by atoms with Gasteiger partial charge in [-0.05, 0) is 26.3 Å². The number of ether oxygens (including phenoxy) is 1. The molecule has 1 N–H and O–H groups in total. The van der Waals surface area contributed by atoms with Crippen molar-refractivity contribution in [3.63, 3.8) is 0 Å². The summed E-state index contributed by atoms with van der Waals surface area (Å²) < 4.78 is 5.21. The summed E-state index contributed by atoms with van der Waals surface area (Å²) in [4.78, 5) is 8.18. The molecule has 0 spiro atoms. The average Bonchev–Trinajstić information content (AvgIpc) is 2.99. The summed E-state index contributed by atoms with van der Waals surface area (Å²) in [5.74, 6) is 0.